The van der Waals surface area contributed by atoms with Crippen molar-refractivity contribution in [3.05, 3.63) is 0 Å². The molecule has 1 aliphatic heterocycles. The summed E-state index contributed by atoms with van der Waals surface area (Å²) in [4.78, 5) is 2.36. The smallest absolute Gasteiger partial charge is 0.169 e. The average Bonchev–Trinajstić information content (AvgIpc) is 2.01. The molecule has 0 spiro atoms. The van der Waals surface area contributed by atoms with Gasteiger partial charge in [0.25, 0.3) is 0 Å². The number of piperidine rings is 1. The largest absolute Gasteiger partial charge is 0.360 e. The van der Waals surface area contributed by atoms with Crippen molar-refractivity contribution in [2.24, 2.45) is 0 Å². The van der Waals surface area contributed by atoms with E-state index in [0.717, 1.165) is 5.11 Å². The standard InChI is InChI=1S/C11H22N2S/c1-8(2)12-11(14)13-9(3)6-5-7-10(13)4/h8-10H,5-7H2,1-4H3,(H,12,14). The molecule has 3 heteroatoms. The second kappa shape index (κ2) is 4.96. The monoisotopic (exact) mass is 214 g/mol. The lowest BCUT2D eigenvalue weighted by Crippen LogP contribution is -2.52. The maximum Gasteiger partial charge on any atom is 0.169 e. The van der Waals surface area contributed by atoms with Crippen molar-refractivity contribution in [2.45, 2.75) is 65.1 Å². The van der Waals surface area contributed by atoms with Crippen LogP contribution in [0.5, 0.6) is 0 Å². The molecule has 0 aromatic carbocycles. The first kappa shape index (κ1) is 11.8. The molecule has 0 aliphatic carbocycles. The number of thiocarbonyl (C=S) groups is 1. The van der Waals surface area contributed by atoms with Crippen molar-refractivity contribution in [1.82, 2.24) is 10.2 Å². The molecule has 1 N–H and O–H groups in total. The van der Waals surface area contributed by atoms with Gasteiger partial charge in [-0.1, -0.05) is 0 Å². The summed E-state index contributed by atoms with van der Waals surface area (Å²) in [5.74, 6) is 0. The number of hydrogen-bond acceptors (Lipinski definition) is 1. The van der Waals surface area contributed by atoms with Gasteiger partial charge in [0.2, 0.25) is 0 Å². The van der Waals surface area contributed by atoms with Crippen LogP contribution in [0.15, 0.2) is 0 Å². The molecule has 1 aliphatic rings. The summed E-state index contributed by atoms with van der Waals surface area (Å²) in [5, 5.41) is 4.26. The molecule has 1 fully saturated rings. The van der Waals surface area contributed by atoms with Gasteiger partial charge in [-0.25, -0.2) is 0 Å². The normalized spacial score (nSPS) is 27.9. The molecule has 1 saturated heterocycles. The molecule has 2 atom stereocenters. The summed E-state index contributed by atoms with van der Waals surface area (Å²) in [7, 11) is 0. The Morgan fingerprint density at radius 1 is 1.29 bits per heavy atom. The summed E-state index contributed by atoms with van der Waals surface area (Å²) < 4.78 is 0. The van der Waals surface area contributed by atoms with Crippen molar-refractivity contribution < 1.29 is 0 Å². The van der Waals surface area contributed by atoms with Crippen molar-refractivity contribution in [3.8, 4) is 0 Å². The Hall–Kier alpha value is -0.310. The van der Waals surface area contributed by atoms with E-state index in [0.29, 0.717) is 18.1 Å². The third-order valence-electron chi connectivity index (χ3n) is 2.84. The van der Waals surface area contributed by atoms with Crippen LogP contribution >= 0.6 is 12.2 Å². The van der Waals surface area contributed by atoms with Crippen molar-refractivity contribution >= 4 is 17.3 Å². The van der Waals surface area contributed by atoms with E-state index in [4.69, 9.17) is 12.2 Å². The first-order valence-electron chi connectivity index (χ1n) is 5.61. The fourth-order valence-corrected chi connectivity index (χ4v) is 2.74. The molecule has 0 radical (unpaired) electrons. The van der Waals surface area contributed by atoms with Crippen LogP contribution < -0.4 is 5.32 Å². The zero-order chi connectivity index (χ0) is 10.7. The maximum absolute atomic E-state index is 5.42. The second-order valence-corrected chi connectivity index (χ2v) is 5.03. The lowest BCUT2D eigenvalue weighted by atomic mass is 9.98. The highest BCUT2D eigenvalue weighted by atomic mass is 32.1. The maximum atomic E-state index is 5.42. The van der Waals surface area contributed by atoms with Crippen molar-refractivity contribution in [3.63, 3.8) is 0 Å². The first-order chi connectivity index (χ1) is 6.52. The van der Waals surface area contributed by atoms with Crippen LogP contribution in [0.1, 0.15) is 47.0 Å². The van der Waals surface area contributed by atoms with Gasteiger partial charge >= 0.3 is 0 Å². The fourth-order valence-electron chi connectivity index (χ4n) is 2.14. The van der Waals surface area contributed by atoms with E-state index < -0.39 is 0 Å². The van der Waals surface area contributed by atoms with Crippen LogP contribution in [0.3, 0.4) is 0 Å². The highest BCUT2D eigenvalue weighted by Crippen LogP contribution is 2.22. The minimum absolute atomic E-state index is 0.434. The van der Waals surface area contributed by atoms with E-state index in [1.165, 1.54) is 19.3 Å². The summed E-state index contributed by atoms with van der Waals surface area (Å²) in [5.41, 5.74) is 0. The molecule has 1 rings (SSSR count). The summed E-state index contributed by atoms with van der Waals surface area (Å²) in [6, 6.07) is 1.62. The Kier molecular flexibility index (Phi) is 4.17. The van der Waals surface area contributed by atoms with Crippen LogP contribution in [0, 0.1) is 0 Å². The minimum Gasteiger partial charge on any atom is -0.360 e. The third kappa shape index (κ3) is 2.84. The van der Waals surface area contributed by atoms with Gasteiger partial charge in [0.15, 0.2) is 5.11 Å². The summed E-state index contributed by atoms with van der Waals surface area (Å²) >= 11 is 5.42. The van der Waals surface area contributed by atoms with Gasteiger partial charge < -0.3 is 10.2 Å². The molecular formula is C11H22N2S. The van der Waals surface area contributed by atoms with Gasteiger partial charge in [0.05, 0.1) is 0 Å². The van der Waals surface area contributed by atoms with Gasteiger partial charge in [-0.15, -0.1) is 0 Å². The van der Waals surface area contributed by atoms with Gasteiger partial charge in [-0.2, -0.15) is 0 Å². The average molecular weight is 214 g/mol. The quantitative estimate of drug-likeness (QED) is 0.675. The zero-order valence-electron chi connectivity index (χ0n) is 9.71. The predicted molar refractivity (Wildman–Crippen MR) is 65.5 cm³/mol. The topological polar surface area (TPSA) is 15.3 Å². The van der Waals surface area contributed by atoms with E-state index in [1.54, 1.807) is 0 Å². The number of nitrogens with one attached hydrogen (secondary N) is 1. The van der Waals surface area contributed by atoms with Gasteiger partial charge in [0, 0.05) is 18.1 Å². The van der Waals surface area contributed by atoms with Gasteiger partial charge in [-0.3, -0.25) is 0 Å². The zero-order valence-corrected chi connectivity index (χ0v) is 10.5. The lowest BCUT2D eigenvalue weighted by molar-refractivity contribution is 0.188. The summed E-state index contributed by atoms with van der Waals surface area (Å²) in [6.45, 7) is 8.80. The van der Waals surface area contributed by atoms with Crippen LogP contribution in [0.2, 0.25) is 0 Å². The first-order valence-corrected chi connectivity index (χ1v) is 6.02. The van der Waals surface area contributed by atoms with E-state index >= 15 is 0 Å². The number of hydrogen-bond donors (Lipinski definition) is 1. The third-order valence-corrected chi connectivity index (χ3v) is 3.17. The highest BCUT2D eigenvalue weighted by molar-refractivity contribution is 7.80. The van der Waals surface area contributed by atoms with E-state index in [9.17, 15) is 0 Å². The molecular weight excluding hydrogens is 192 g/mol. The number of likely N-dealkylation sites (tertiary alicyclic amines) is 1. The van der Waals surface area contributed by atoms with E-state index in [2.05, 4.69) is 37.9 Å². The lowest BCUT2D eigenvalue weighted by Gasteiger charge is -2.41. The molecule has 1 heterocycles. The van der Waals surface area contributed by atoms with Crippen LogP contribution in [0.4, 0.5) is 0 Å². The van der Waals surface area contributed by atoms with E-state index in [1.807, 2.05) is 0 Å². The fraction of sp³-hybridized carbons (Fsp3) is 0.909. The molecule has 0 amide bonds. The number of nitrogens with zero attached hydrogens (tertiary/aromatic N) is 1. The van der Waals surface area contributed by atoms with Crippen LogP contribution in [0.25, 0.3) is 0 Å². The molecule has 14 heavy (non-hydrogen) atoms. The Bertz CT molecular complexity index is 193. The highest BCUT2D eigenvalue weighted by Gasteiger charge is 2.26. The molecule has 82 valence electrons. The molecule has 0 aromatic rings. The van der Waals surface area contributed by atoms with Gasteiger partial charge in [0.1, 0.15) is 0 Å². The van der Waals surface area contributed by atoms with Crippen LogP contribution in [-0.4, -0.2) is 28.1 Å². The molecule has 0 saturated carbocycles. The van der Waals surface area contributed by atoms with E-state index in [-0.39, 0.29) is 0 Å². The van der Waals surface area contributed by atoms with Crippen molar-refractivity contribution in [1.29, 1.82) is 0 Å². The molecule has 2 nitrogen and oxygen atoms in total. The Balaban J connectivity index is 2.58. The Morgan fingerprint density at radius 2 is 1.79 bits per heavy atom. The second-order valence-electron chi connectivity index (χ2n) is 4.64. The summed E-state index contributed by atoms with van der Waals surface area (Å²) in [6.07, 6.45) is 3.87. The SMILES string of the molecule is CC(C)NC(=S)N1C(C)CCCC1C. The minimum atomic E-state index is 0.434. The van der Waals surface area contributed by atoms with Gasteiger partial charge in [-0.05, 0) is 59.2 Å². The number of rotatable bonds is 1. The Labute approximate surface area is 93.1 Å². The Morgan fingerprint density at radius 3 is 2.21 bits per heavy atom. The van der Waals surface area contributed by atoms with Crippen molar-refractivity contribution in [2.75, 3.05) is 0 Å². The molecule has 2 unspecified atom stereocenters. The molecule has 0 aromatic heterocycles. The predicted octanol–water partition coefficient (Wildman–Crippen LogP) is 2.53. The van der Waals surface area contributed by atoms with Crippen LogP contribution in [-0.2, 0) is 0 Å². The molecule has 0 bridgehead atoms.